The molecule has 1 saturated heterocycles. The number of furan rings is 1. The van der Waals surface area contributed by atoms with Crippen LogP contribution in [0.25, 0.3) is 0 Å². The molecule has 1 saturated carbocycles. The monoisotopic (exact) mass is 398 g/mol. The summed E-state index contributed by atoms with van der Waals surface area (Å²) >= 11 is 7.35. The fourth-order valence-corrected chi connectivity index (χ4v) is 5.10. The average molecular weight is 399 g/mol. The van der Waals surface area contributed by atoms with Gasteiger partial charge in [0.05, 0.1) is 18.1 Å². The predicted octanol–water partition coefficient (Wildman–Crippen LogP) is 4.23. The second-order valence-corrected chi connectivity index (χ2v) is 8.46. The number of amides is 2. The minimum atomic E-state index is -0.239. The van der Waals surface area contributed by atoms with Crippen LogP contribution in [0.1, 0.15) is 12.2 Å². The van der Waals surface area contributed by atoms with Crippen molar-refractivity contribution in [2.24, 2.45) is 28.8 Å². The van der Waals surface area contributed by atoms with E-state index in [1.165, 1.54) is 18.0 Å². The summed E-state index contributed by atoms with van der Waals surface area (Å²) in [5.74, 6) is -0.00844. The van der Waals surface area contributed by atoms with Crippen molar-refractivity contribution in [3.63, 3.8) is 0 Å². The predicted molar refractivity (Wildman–Crippen MR) is 101 cm³/mol. The zero-order valence-electron chi connectivity index (χ0n) is 14.1. The summed E-state index contributed by atoms with van der Waals surface area (Å²) in [4.78, 5) is 26.2. The fraction of sp³-hybridized carbons (Fsp3) is 0.250. The van der Waals surface area contributed by atoms with E-state index in [9.17, 15) is 9.59 Å². The van der Waals surface area contributed by atoms with Crippen molar-refractivity contribution in [3.8, 4) is 0 Å². The van der Waals surface area contributed by atoms with Crippen LogP contribution >= 0.6 is 23.4 Å². The molecule has 2 fully saturated rings. The molecule has 27 heavy (non-hydrogen) atoms. The molecule has 2 heterocycles. The topological polar surface area (TPSA) is 62.9 Å². The summed E-state index contributed by atoms with van der Waals surface area (Å²) in [5, 5.41) is 6.52. The molecule has 0 spiro atoms. The number of hydrogen-bond acceptors (Lipinski definition) is 5. The van der Waals surface area contributed by atoms with Crippen molar-refractivity contribution < 1.29 is 14.0 Å². The van der Waals surface area contributed by atoms with Crippen LogP contribution in [0, 0.1) is 23.7 Å². The number of hydrogen-bond donors (Lipinski definition) is 0. The van der Waals surface area contributed by atoms with E-state index in [1.807, 2.05) is 30.3 Å². The first kappa shape index (κ1) is 16.8. The molecular weight excluding hydrogens is 384 g/mol. The Labute approximate surface area is 165 Å². The van der Waals surface area contributed by atoms with E-state index >= 15 is 0 Å². The Balaban J connectivity index is 1.29. The zero-order valence-corrected chi connectivity index (χ0v) is 15.7. The van der Waals surface area contributed by atoms with Crippen LogP contribution in [0.4, 0.5) is 0 Å². The molecule has 5 rings (SSSR count). The van der Waals surface area contributed by atoms with Gasteiger partial charge < -0.3 is 4.42 Å². The Kier molecular flexibility index (Phi) is 3.98. The average Bonchev–Trinajstić information content (AvgIpc) is 3.42. The van der Waals surface area contributed by atoms with Gasteiger partial charge in [-0.15, -0.1) is 0 Å². The number of rotatable bonds is 4. The highest BCUT2D eigenvalue weighted by molar-refractivity contribution is 7.99. The highest BCUT2D eigenvalue weighted by Crippen LogP contribution is 2.52. The van der Waals surface area contributed by atoms with E-state index in [0.29, 0.717) is 15.9 Å². The molecule has 1 aromatic heterocycles. The number of fused-ring (bicyclic) bond motifs is 5. The van der Waals surface area contributed by atoms with Gasteiger partial charge in [0, 0.05) is 9.92 Å². The lowest BCUT2D eigenvalue weighted by Crippen LogP contribution is -2.28. The third-order valence-electron chi connectivity index (χ3n) is 5.38. The lowest BCUT2D eigenvalue weighted by molar-refractivity contribution is -0.140. The number of nitrogens with zero attached hydrogens (tertiary/aromatic N) is 2. The second kappa shape index (κ2) is 6.39. The molecule has 2 bridgehead atoms. The summed E-state index contributed by atoms with van der Waals surface area (Å²) in [6.07, 6.45) is 6.47. The number of allylic oxidation sites excluding steroid dienone is 2. The molecule has 4 atom stereocenters. The number of benzene rings is 1. The number of halogens is 1. The van der Waals surface area contributed by atoms with Crippen LogP contribution in [0.5, 0.6) is 0 Å². The number of hydrazone groups is 1. The van der Waals surface area contributed by atoms with Crippen LogP contribution in [-0.2, 0) is 9.59 Å². The number of imide groups is 1. The Bertz CT molecular complexity index is 951. The Morgan fingerprint density at radius 1 is 1.04 bits per heavy atom. The molecular formula is C20H15ClN2O3S. The van der Waals surface area contributed by atoms with Gasteiger partial charge in [0.1, 0.15) is 5.76 Å². The fourth-order valence-electron chi connectivity index (χ4n) is 4.19. The van der Waals surface area contributed by atoms with Crippen molar-refractivity contribution in [2.75, 3.05) is 0 Å². The maximum atomic E-state index is 12.6. The third kappa shape index (κ3) is 2.84. The van der Waals surface area contributed by atoms with Gasteiger partial charge >= 0.3 is 0 Å². The van der Waals surface area contributed by atoms with Gasteiger partial charge in [-0.25, -0.2) is 0 Å². The molecule has 2 aliphatic carbocycles. The van der Waals surface area contributed by atoms with E-state index in [4.69, 9.17) is 16.0 Å². The molecule has 2 amide bonds. The summed E-state index contributed by atoms with van der Waals surface area (Å²) < 4.78 is 5.72. The van der Waals surface area contributed by atoms with Crippen LogP contribution in [0.3, 0.4) is 0 Å². The Morgan fingerprint density at radius 2 is 1.70 bits per heavy atom. The van der Waals surface area contributed by atoms with Gasteiger partial charge in [0.15, 0.2) is 5.09 Å². The molecule has 0 radical (unpaired) electrons. The van der Waals surface area contributed by atoms with Crippen LogP contribution < -0.4 is 0 Å². The van der Waals surface area contributed by atoms with E-state index in [-0.39, 0.29) is 35.5 Å². The number of carbonyl (C=O) groups is 2. The van der Waals surface area contributed by atoms with E-state index in [0.717, 1.165) is 16.3 Å². The van der Waals surface area contributed by atoms with Crippen molar-refractivity contribution in [2.45, 2.75) is 16.4 Å². The molecule has 0 N–H and O–H groups in total. The minimum Gasteiger partial charge on any atom is -0.448 e. The first-order valence-corrected chi connectivity index (χ1v) is 9.93. The molecule has 1 aromatic carbocycles. The molecule has 136 valence electrons. The highest BCUT2D eigenvalue weighted by Gasteiger charge is 2.59. The lowest BCUT2D eigenvalue weighted by Gasteiger charge is -2.13. The van der Waals surface area contributed by atoms with Gasteiger partial charge in [-0.3, -0.25) is 9.59 Å². The second-order valence-electron chi connectivity index (χ2n) is 6.95. The van der Waals surface area contributed by atoms with Crippen LogP contribution in [0.15, 0.2) is 68.1 Å². The molecule has 5 nitrogen and oxygen atoms in total. The van der Waals surface area contributed by atoms with Crippen molar-refractivity contribution in [1.29, 1.82) is 0 Å². The largest absolute Gasteiger partial charge is 0.448 e. The van der Waals surface area contributed by atoms with Crippen molar-refractivity contribution in [1.82, 2.24) is 5.01 Å². The van der Waals surface area contributed by atoms with Gasteiger partial charge in [0.2, 0.25) is 0 Å². The minimum absolute atomic E-state index is 0.183. The van der Waals surface area contributed by atoms with Gasteiger partial charge in [-0.2, -0.15) is 10.1 Å². The Morgan fingerprint density at radius 3 is 2.37 bits per heavy atom. The molecule has 2 aromatic rings. The molecule has 7 heteroatoms. The lowest BCUT2D eigenvalue weighted by atomic mass is 9.85. The normalized spacial score (nSPS) is 28.7. The van der Waals surface area contributed by atoms with Crippen molar-refractivity contribution >= 4 is 41.4 Å². The summed E-state index contributed by atoms with van der Waals surface area (Å²) in [6.45, 7) is 0. The standard InChI is InChI=1S/C20H15ClN2O3S/c21-13-3-6-15(7-4-13)27-16-8-5-14(26-16)10-22-23-19(24)17-11-1-2-12(9-11)18(17)20(23)25/h1-8,10-12,17-18H,9H2/t11-,12-,17-,18+/m0/s1. The SMILES string of the molecule is O=C1[C@@H]2[C@H](C(=O)N1N=Cc1ccc(Sc3ccc(Cl)cc3)o1)[C@H]1C=C[C@H]2C1. The summed E-state index contributed by atoms with van der Waals surface area (Å²) in [7, 11) is 0. The highest BCUT2D eigenvalue weighted by atomic mass is 35.5. The maximum absolute atomic E-state index is 12.6. The molecule has 0 unspecified atom stereocenters. The first-order chi connectivity index (χ1) is 13.1. The summed E-state index contributed by atoms with van der Waals surface area (Å²) in [5.41, 5.74) is 0. The van der Waals surface area contributed by atoms with E-state index in [2.05, 4.69) is 17.3 Å². The zero-order chi connectivity index (χ0) is 18.5. The Hall–Kier alpha value is -2.31. The number of carbonyl (C=O) groups excluding carboxylic acids is 2. The maximum Gasteiger partial charge on any atom is 0.254 e. The molecule has 3 aliphatic rings. The van der Waals surface area contributed by atoms with Gasteiger partial charge in [-0.05, 0) is 54.7 Å². The van der Waals surface area contributed by atoms with Gasteiger partial charge in [0.25, 0.3) is 11.8 Å². The molecule has 1 aliphatic heterocycles. The summed E-state index contributed by atoms with van der Waals surface area (Å²) in [6, 6.07) is 11.0. The van der Waals surface area contributed by atoms with E-state index in [1.54, 1.807) is 6.07 Å². The van der Waals surface area contributed by atoms with E-state index < -0.39 is 0 Å². The third-order valence-corrected chi connectivity index (χ3v) is 6.56. The van der Waals surface area contributed by atoms with Crippen LogP contribution in [-0.4, -0.2) is 23.0 Å². The first-order valence-electron chi connectivity index (χ1n) is 8.73. The van der Waals surface area contributed by atoms with Crippen molar-refractivity contribution in [3.05, 3.63) is 59.3 Å². The smallest absolute Gasteiger partial charge is 0.254 e. The quantitative estimate of drug-likeness (QED) is 0.439. The van der Waals surface area contributed by atoms with Crippen LogP contribution in [0.2, 0.25) is 5.02 Å². The van der Waals surface area contributed by atoms with Gasteiger partial charge in [-0.1, -0.05) is 35.5 Å².